The molecule has 0 fully saturated rings. The van der Waals surface area contributed by atoms with E-state index in [1.807, 2.05) is 12.1 Å². The summed E-state index contributed by atoms with van der Waals surface area (Å²) in [6.07, 6.45) is 4.25. The third kappa shape index (κ3) is 6.57. The molecule has 2 rings (SSSR count). The minimum absolute atomic E-state index is 0.0254. The number of carbonyl (C=O) groups excluding carboxylic acids is 1. The zero-order chi connectivity index (χ0) is 22.1. The summed E-state index contributed by atoms with van der Waals surface area (Å²) in [6, 6.07) is 8.37. The maximum atomic E-state index is 12.5. The lowest BCUT2D eigenvalue weighted by Crippen LogP contribution is -2.23. The van der Waals surface area contributed by atoms with Crippen LogP contribution in [-0.2, 0) is 11.3 Å². The molecule has 6 nitrogen and oxygen atoms in total. The van der Waals surface area contributed by atoms with Crippen LogP contribution < -0.4 is 5.32 Å². The summed E-state index contributed by atoms with van der Waals surface area (Å²) in [5.41, 5.74) is 2.13. The van der Waals surface area contributed by atoms with Gasteiger partial charge in [-0.05, 0) is 57.0 Å². The third-order valence-corrected chi connectivity index (χ3v) is 6.46. The quantitative estimate of drug-likeness (QED) is 0.460. The minimum Gasteiger partial charge on any atom is -0.325 e. The minimum atomic E-state index is -0.0254. The fourth-order valence-corrected chi connectivity index (χ4v) is 4.19. The molecule has 0 aliphatic carbocycles. The number of benzene rings is 1. The molecule has 0 aliphatic heterocycles. The maximum Gasteiger partial charge on any atom is 0.234 e. The van der Waals surface area contributed by atoms with E-state index >= 15 is 0 Å². The molecule has 1 aromatic carbocycles. The Hall–Kier alpha value is -1.86. The molecular formula is C23H37N5OS. The second-order valence-corrected chi connectivity index (χ2v) is 8.94. The molecule has 166 valence electrons. The van der Waals surface area contributed by atoms with Crippen LogP contribution in [0.15, 0.2) is 29.4 Å². The van der Waals surface area contributed by atoms with Crippen molar-refractivity contribution in [3.63, 3.8) is 0 Å². The largest absolute Gasteiger partial charge is 0.325 e. The monoisotopic (exact) mass is 431 g/mol. The van der Waals surface area contributed by atoms with Gasteiger partial charge in [0.1, 0.15) is 0 Å². The molecule has 1 heterocycles. The first-order chi connectivity index (χ1) is 14.4. The van der Waals surface area contributed by atoms with Gasteiger partial charge in [0.15, 0.2) is 11.0 Å². The SMILES string of the molecule is CCCCn1c(SCC(=O)Nc2ccc([C@@H](C)CC)cc2)nnc1[C@@H](CC)N(C)C. The normalized spacial score (nSPS) is 13.4. The molecule has 0 saturated heterocycles. The van der Waals surface area contributed by atoms with Gasteiger partial charge in [-0.2, -0.15) is 0 Å². The molecule has 0 spiro atoms. The predicted molar refractivity (Wildman–Crippen MR) is 126 cm³/mol. The molecule has 1 amide bonds. The summed E-state index contributed by atoms with van der Waals surface area (Å²) in [4.78, 5) is 14.7. The van der Waals surface area contributed by atoms with Gasteiger partial charge in [0.25, 0.3) is 0 Å². The van der Waals surface area contributed by atoms with Crippen LogP contribution >= 0.6 is 11.8 Å². The van der Waals surface area contributed by atoms with Gasteiger partial charge in [-0.15, -0.1) is 10.2 Å². The van der Waals surface area contributed by atoms with Crippen molar-refractivity contribution in [3.8, 4) is 0 Å². The van der Waals surface area contributed by atoms with Crippen molar-refractivity contribution in [2.45, 2.75) is 77.0 Å². The Morgan fingerprint density at radius 3 is 2.40 bits per heavy atom. The predicted octanol–water partition coefficient (Wildman–Crippen LogP) is 5.34. The van der Waals surface area contributed by atoms with Crippen LogP contribution in [0.1, 0.15) is 76.7 Å². The first-order valence-corrected chi connectivity index (χ1v) is 12.0. The molecule has 2 atom stereocenters. The van der Waals surface area contributed by atoms with Gasteiger partial charge < -0.3 is 9.88 Å². The van der Waals surface area contributed by atoms with E-state index < -0.39 is 0 Å². The summed E-state index contributed by atoms with van der Waals surface area (Å²) in [7, 11) is 4.14. The maximum absolute atomic E-state index is 12.5. The molecule has 2 aromatic rings. The third-order valence-electron chi connectivity index (χ3n) is 5.50. The van der Waals surface area contributed by atoms with Crippen molar-refractivity contribution in [2.24, 2.45) is 0 Å². The van der Waals surface area contributed by atoms with Crippen molar-refractivity contribution in [2.75, 3.05) is 25.2 Å². The Kier molecular flexibility index (Phi) is 9.85. The van der Waals surface area contributed by atoms with E-state index in [0.29, 0.717) is 11.7 Å². The Bertz CT molecular complexity index is 787. The van der Waals surface area contributed by atoms with E-state index in [9.17, 15) is 4.79 Å². The molecule has 0 radical (unpaired) electrons. The zero-order valence-corrected chi connectivity index (χ0v) is 20.1. The Morgan fingerprint density at radius 1 is 1.13 bits per heavy atom. The van der Waals surface area contributed by atoms with Gasteiger partial charge in [0, 0.05) is 12.2 Å². The van der Waals surface area contributed by atoms with Crippen molar-refractivity contribution in [1.82, 2.24) is 19.7 Å². The second kappa shape index (κ2) is 12.1. The lowest BCUT2D eigenvalue weighted by atomic mass is 9.99. The Morgan fingerprint density at radius 2 is 1.83 bits per heavy atom. The van der Waals surface area contributed by atoms with E-state index in [-0.39, 0.29) is 11.9 Å². The number of unbranched alkanes of at least 4 members (excludes halogenated alkanes) is 1. The van der Waals surface area contributed by atoms with Crippen LogP contribution in [-0.4, -0.2) is 45.4 Å². The zero-order valence-electron chi connectivity index (χ0n) is 19.3. The first kappa shape index (κ1) is 24.4. The van der Waals surface area contributed by atoms with Crippen LogP contribution in [0.3, 0.4) is 0 Å². The summed E-state index contributed by atoms with van der Waals surface area (Å²) >= 11 is 1.46. The number of nitrogens with zero attached hydrogens (tertiary/aromatic N) is 4. The lowest BCUT2D eigenvalue weighted by Gasteiger charge is -2.23. The fraction of sp³-hybridized carbons (Fsp3) is 0.609. The topological polar surface area (TPSA) is 63.1 Å². The highest BCUT2D eigenvalue weighted by Gasteiger charge is 2.22. The highest BCUT2D eigenvalue weighted by atomic mass is 32.2. The van der Waals surface area contributed by atoms with Crippen LogP contribution in [0.25, 0.3) is 0 Å². The Balaban J connectivity index is 2.03. The second-order valence-electron chi connectivity index (χ2n) is 8.00. The number of hydrogen-bond donors (Lipinski definition) is 1. The number of thioether (sulfide) groups is 1. The summed E-state index contributed by atoms with van der Waals surface area (Å²) in [6.45, 7) is 9.62. The van der Waals surface area contributed by atoms with E-state index in [2.05, 4.69) is 78.9 Å². The molecule has 0 saturated carbocycles. The highest BCUT2D eigenvalue weighted by Crippen LogP contribution is 2.26. The van der Waals surface area contributed by atoms with E-state index in [1.54, 1.807) is 0 Å². The number of amides is 1. The van der Waals surface area contributed by atoms with Gasteiger partial charge >= 0.3 is 0 Å². The Labute approximate surface area is 185 Å². The molecule has 1 aromatic heterocycles. The number of anilines is 1. The molecule has 0 bridgehead atoms. The van der Waals surface area contributed by atoms with E-state index in [4.69, 9.17) is 0 Å². The summed E-state index contributed by atoms with van der Waals surface area (Å²) < 4.78 is 2.19. The van der Waals surface area contributed by atoms with Crippen molar-refractivity contribution >= 4 is 23.4 Å². The number of nitrogens with one attached hydrogen (secondary N) is 1. The molecule has 30 heavy (non-hydrogen) atoms. The van der Waals surface area contributed by atoms with Crippen molar-refractivity contribution < 1.29 is 4.79 Å². The summed E-state index contributed by atoms with van der Waals surface area (Å²) in [5.74, 6) is 1.81. The molecule has 0 unspecified atom stereocenters. The van der Waals surface area contributed by atoms with Crippen LogP contribution in [0.4, 0.5) is 5.69 Å². The van der Waals surface area contributed by atoms with Crippen molar-refractivity contribution in [1.29, 1.82) is 0 Å². The molecular weight excluding hydrogens is 394 g/mol. The number of carbonyl (C=O) groups is 1. The van der Waals surface area contributed by atoms with Gasteiger partial charge in [-0.3, -0.25) is 9.69 Å². The first-order valence-electron chi connectivity index (χ1n) is 11.0. The van der Waals surface area contributed by atoms with Crippen LogP contribution in [0.5, 0.6) is 0 Å². The van der Waals surface area contributed by atoms with E-state index in [0.717, 1.165) is 48.9 Å². The number of rotatable bonds is 12. The highest BCUT2D eigenvalue weighted by molar-refractivity contribution is 7.99. The van der Waals surface area contributed by atoms with Crippen LogP contribution in [0, 0.1) is 0 Å². The average Bonchev–Trinajstić information content (AvgIpc) is 3.13. The number of aromatic nitrogens is 3. The van der Waals surface area contributed by atoms with Gasteiger partial charge in [0.05, 0.1) is 11.8 Å². The lowest BCUT2D eigenvalue weighted by molar-refractivity contribution is -0.113. The molecule has 7 heteroatoms. The van der Waals surface area contributed by atoms with Crippen LogP contribution in [0.2, 0.25) is 0 Å². The van der Waals surface area contributed by atoms with Gasteiger partial charge in [0.2, 0.25) is 5.91 Å². The average molecular weight is 432 g/mol. The van der Waals surface area contributed by atoms with Crippen molar-refractivity contribution in [3.05, 3.63) is 35.7 Å². The molecule has 0 aliphatic rings. The molecule has 1 N–H and O–H groups in total. The smallest absolute Gasteiger partial charge is 0.234 e. The number of hydrogen-bond acceptors (Lipinski definition) is 5. The van der Waals surface area contributed by atoms with Gasteiger partial charge in [-0.1, -0.05) is 58.0 Å². The summed E-state index contributed by atoms with van der Waals surface area (Å²) in [5, 5.41) is 12.7. The van der Waals surface area contributed by atoms with E-state index in [1.165, 1.54) is 17.3 Å². The fourth-order valence-electron chi connectivity index (χ4n) is 3.42. The van der Waals surface area contributed by atoms with Gasteiger partial charge in [-0.25, -0.2) is 0 Å². The standard InChI is InChI=1S/C23H37N5OS/c1-7-10-15-28-22(20(9-3)27(5)6)25-26-23(28)30-16-21(29)24-19-13-11-18(12-14-19)17(4)8-2/h11-14,17,20H,7-10,15-16H2,1-6H3,(H,24,29)/t17-,20+/m0/s1.